The van der Waals surface area contributed by atoms with E-state index in [1.54, 1.807) is 12.1 Å². The van der Waals surface area contributed by atoms with Crippen molar-refractivity contribution in [2.45, 2.75) is 6.92 Å². The lowest BCUT2D eigenvalue weighted by molar-refractivity contribution is 1.49. The van der Waals surface area contributed by atoms with E-state index in [9.17, 15) is 4.79 Å². The van der Waals surface area contributed by atoms with Crippen LogP contribution in [-0.2, 0) is 0 Å². The maximum Gasteiger partial charge on any atom is 0.201 e. The van der Waals surface area contributed by atoms with Crippen LogP contribution in [0.15, 0.2) is 29.1 Å². The van der Waals surface area contributed by atoms with Gasteiger partial charge in [0.15, 0.2) is 0 Å². The van der Waals surface area contributed by atoms with Crippen LogP contribution in [0.3, 0.4) is 0 Å². The van der Waals surface area contributed by atoms with E-state index in [0.717, 1.165) is 5.56 Å². The molecular weight excluding hydrogens is 126 g/mol. The second-order valence-electron chi connectivity index (χ2n) is 2.23. The summed E-state index contributed by atoms with van der Waals surface area (Å²) in [7, 11) is 0. The fourth-order valence-corrected chi connectivity index (χ4v) is 0.724. The number of aryl methyl sites for hydroxylation is 1. The topological polar surface area (TPSA) is 43.1 Å². The van der Waals surface area contributed by atoms with Crippen molar-refractivity contribution in [3.05, 3.63) is 40.1 Å². The van der Waals surface area contributed by atoms with Gasteiger partial charge in [-0.25, -0.2) is 0 Å². The molecule has 0 saturated heterocycles. The molecule has 0 heterocycles. The normalized spacial score (nSPS) is 9.30. The Morgan fingerprint density at radius 2 is 2.10 bits per heavy atom. The molecule has 0 fully saturated rings. The molecule has 2 heteroatoms. The highest BCUT2D eigenvalue weighted by Gasteiger charge is 1.87. The minimum Gasteiger partial charge on any atom is -0.396 e. The molecule has 1 aromatic carbocycles. The molecule has 0 aromatic heterocycles. The number of nitrogens with two attached hydrogens (primary N) is 1. The Bertz CT molecular complexity index is 293. The number of hydrogen-bond acceptors (Lipinski definition) is 2. The summed E-state index contributed by atoms with van der Waals surface area (Å²) in [5.74, 6) is 0. The highest BCUT2D eigenvalue weighted by molar-refractivity contribution is 5.36. The van der Waals surface area contributed by atoms with E-state index >= 15 is 0 Å². The molecule has 2 N–H and O–H groups in total. The van der Waals surface area contributed by atoms with Crippen LogP contribution in [0.5, 0.6) is 0 Å². The third kappa shape index (κ3) is 1.35. The van der Waals surface area contributed by atoms with Crippen molar-refractivity contribution in [1.82, 2.24) is 0 Å². The van der Waals surface area contributed by atoms with Gasteiger partial charge in [-0.3, -0.25) is 4.79 Å². The van der Waals surface area contributed by atoms with Crippen LogP contribution in [0, 0.1) is 6.92 Å². The molecule has 0 atom stereocenters. The highest BCUT2D eigenvalue weighted by atomic mass is 16.1. The number of anilines is 1. The van der Waals surface area contributed by atoms with Crippen molar-refractivity contribution in [3.63, 3.8) is 0 Å². The van der Waals surface area contributed by atoms with E-state index in [0.29, 0.717) is 5.69 Å². The molecule has 0 saturated carbocycles. The number of nitrogen functional groups attached to an aromatic ring is 1. The van der Waals surface area contributed by atoms with Crippen molar-refractivity contribution in [3.8, 4) is 0 Å². The molecule has 0 aliphatic rings. The van der Waals surface area contributed by atoms with Crippen LogP contribution in [0.25, 0.3) is 0 Å². The molecule has 0 unspecified atom stereocenters. The van der Waals surface area contributed by atoms with Crippen LogP contribution >= 0.6 is 0 Å². The second-order valence-corrected chi connectivity index (χ2v) is 2.23. The average Bonchev–Trinajstić information content (AvgIpc) is 1.96. The fourth-order valence-electron chi connectivity index (χ4n) is 0.724. The van der Waals surface area contributed by atoms with E-state index in [1.165, 1.54) is 6.07 Å². The lowest BCUT2D eigenvalue weighted by atomic mass is 10.3. The van der Waals surface area contributed by atoms with Crippen molar-refractivity contribution in [1.29, 1.82) is 0 Å². The van der Waals surface area contributed by atoms with Crippen molar-refractivity contribution >= 4 is 5.69 Å². The van der Waals surface area contributed by atoms with Crippen LogP contribution in [0.1, 0.15) is 5.56 Å². The third-order valence-corrected chi connectivity index (χ3v) is 1.28. The van der Waals surface area contributed by atoms with Gasteiger partial charge in [-0.1, -0.05) is 12.1 Å². The van der Waals surface area contributed by atoms with Gasteiger partial charge in [0, 0.05) is 0 Å². The van der Waals surface area contributed by atoms with Crippen LogP contribution in [0.4, 0.5) is 5.69 Å². The van der Waals surface area contributed by atoms with E-state index < -0.39 is 0 Å². The minimum absolute atomic E-state index is 0.109. The average molecular weight is 135 g/mol. The maximum atomic E-state index is 10.9. The molecule has 2 nitrogen and oxygen atoms in total. The minimum atomic E-state index is -0.109. The number of hydrogen-bond donors (Lipinski definition) is 1. The molecule has 10 heavy (non-hydrogen) atoms. The zero-order chi connectivity index (χ0) is 7.56. The van der Waals surface area contributed by atoms with Crippen molar-refractivity contribution < 1.29 is 0 Å². The van der Waals surface area contributed by atoms with Crippen LogP contribution in [-0.4, -0.2) is 0 Å². The molecule has 0 radical (unpaired) electrons. The van der Waals surface area contributed by atoms with E-state index in [-0.39, 0.29) is 5.43 Å². The van der Waals surface area contributed by atoms with Gasteiger partial charge in [-0.05, 0) is 24.6 Å². The maximum absolute atomic E-state index is 10.9. The molecule has 0 spiro atoms. The van der Waals surface area contributed by atoms with E-state index in [1.807, 2.05) is 13.0 Å². The summed E-state index contributed by atoms with van der Waals surface area (Å²) in [6.07, 6.45) is 0. The van der Waals surface area contributed by atoms with Gasteiger partial charge in [0.2, 0.25) is 5.43 Å². The largest absolute Gasteiger partial charge is 0.396 e. The number of rotatable bonds is 0. The third-order valence-electron chi connectivity index (χ3n) is 1.28. The van der Waals surface area contributed by atoms with Crippen LogP contribution < -0.4 is 11.2 Å². The molecule has 1 rings (SSSR count). The lowest BCUT2D eigenvalue weighted by Crippen LogP contribution is -2.02. The Kier molecular flexibility index (Phi) is 1.71. The highest BCUT2D eigenvalue weighted by Crippen LogP contribution is 1.93. The van der Waals surface area contributed by atoms with Gasteiger partial charge in [-0.2, -0.15) is 0 Å². The first-order valence-electron chi connectivity index (χ1n) is 3.06. The zero-order valence-corrected chi connectivity index (χ0v) is 5.79. The predicted molar refractivity (Wildman–Crippen MR) is 41.9 cm³/mol. The first-order chi connectivity index (χ1) is 4.70. The summed E-state index contributed by atoms with van der Waals surface area (Å²) in [5, 5.41) is 0. The summed E-state index contributed by atoms with van der Waals surface area (Å²) in [6, 6.07) is 6.74. The standard InChI is InChI=1S/C8H9NO/c1-6-3-2-4-7(9)8(10)5-6/h2-5H,1H3,(H2,9,10). The van der Waals surface area contributed by atoms with E-state index in [4.69, 9.17) is 5.73 Å². The molecular formula is C8H9NO. The first-order valence-corrected chi connectivity index (χ1v) is 3.06. The van der Waals surface area contributed by atoms with Crippen molar-refractivity contribution in [2.75, 3.05) is 5.73 Å². The first kappa shape index (κ1) is 6.81. The summed E-state index contributed by atoms with van der Waals surface area (Å²) < 4.78 is 0. The van der Waals surface area contributed by atoms with Gasteiger partial charge < -0.3 is 5.73 Å². The smallest absolute Gasteiger partial charge is 0.201 e. The van der Waals surface area contributed by atoms with Crippen molar-refractivity contribution in [2.24, 2.45) is 0 Å². The van der Waals surface area contributed by atoms with Gasteiger partial charge in [0.05, 0.1) is 5.69 Å². The molecule has 52 valence electrons. The predicted octanol–water partition coefficient (Wildman–Crippen LogP) is 0.937. The summed E-state index contributed by atoms with van der Waals surface area (Å²) in [5.41, 5.74) is 6.48. The lowest BCUT2D eigenvalue weighted by Gasteiger charge is -1.77. The van der Waals surface area contributed by atoms with Gasteiger partial charge >= 0.3 is 0 Å². The Labute approximate surface area is 59.3 Å². The fraction of sp³-hybridized carbons (Fsp3) is 0.125. The Hall–Kier alpha value is -1.31. The van der Waals surface area contributed by atoms with Gasteiger partial charge in [0.1, 0.15) is 0 Å². The monoisotopic (exact) mass is 135 g/mol. The molecule has 1 aromatic rings. The Morgan fingerprint density at radius 3 is 2.80 bits per heavy atom. The zero-order valence-electron chi connectivity index (χ0n) is 5.79. The SMILES string of the molecule is Cc1cccc(N)c(=O)c1. The van der Waals surface area contributed by atoms with Crippen LogP contribution in [0.2, 0.25) is 0 Å². The molecule has 0 bridgehead atoms. The summed E-state index contributed by atoms with van der Waals surface area (Å²) in [4.78, 5) is 10.9. The molecule has 0 aliphatic carbocycles. The quantitative estimate of drug-likeness (QED) is 0.575. The summed E-state index contributed by atoms with van der Waals surface area (Å²) >= 11 is 0. The molecule has 0 aliphatic heterocycles. The Balaban J connectivity index is 3.46. The Morgan fingerprint density at radius 1 is 1.40 bits per heavy atom. The molecule has 0 amide bonds. The second kappa shape index (κ2) is 2.52. The van der Waals surface area contributed by atoms with Gasteiger partial charge in [0.25, 0.3) is 0 Å². The van der Waals surface area contributed by atoms with Gasteiger partial charge in [-0.15, -0.1) is 0 Å². The summed E-state index contributed by atoms with van der Waals surface area (Å²) in [6.45, 7) is 1.86. The van der Waals surface area contributed by atoms with E-state index in [2.05, 4.69) is 0 Å².